The lowest BCUT2D eigenvalue weighted by molar-refractivity contribution is -0.136. The van der Waals surface area contributed by atoms with E-state index in [4.69, 9.17) is 25.9 Å². The Morgan fingerprint density at radius 2 is 2.19 bits per heavy atom. The summed E-state index contributed by atoms with van der Waals surface area (Å²) in [6.45, 7) is 2.67. The molecule has 0 spiro atoms. The van der Waals surface area contributed by atoms with E-state index in [1.54, 1.807) is 0 Å². The van der Waals surface area contributed by atoms with Crippen LogP contribution in [-0.2, 0) is 16.0 Å². The van der Waals surface area contributed by atoms with Gasteiger partial charge in [-0.1, -0.05) is 17.7 Å². The molecule has 0 saturated carbocycles. The number of nitriles is 1. The molecule has 0 amide bonds. The lowest BCUT2D eigenvalue weighted by Gasteiger charge is -2.29. The summed E-state index contributed by atoms with van der Waals surface area (Å²) in [5.74, 6) is -0.561. The van der Waals surface area contributed by atoms with Crippen molar-refractivity contribution in [2.75, 3.05) is 37.7 Å². The van der Waals surface area contributed by atoms with Crippen molar-refractivity contribution in [3.63, 3.8) is 0 Å². The van der Waals surface area contributed by atoms with Crippen LogP contribution in [-0.4, -0.2) is 48.9 Å². The van der Waals surface area contributed by atoms with E-state index in [0.29, 0.717) is 52.8 Å². The normalized spacial score (nSPS) is 18.0. The van der Waals surface area contributed by atoms with Crippen LogP contribution in [0.25, 0.3) is 22.6 Å². The fourth-order valence-corrected chi connectivity index (χ4v) is 4.86. The topological polar surface area (TPSA) is 112 Å². The SMILES string of the molecule is N#Cc1c2c(cc3nc(-c4cccc(N5CCOCC5)c4Cl)oc13)[C@H](NCC(=O)O)CC2. The number of benzene rings is 2. The molecule has 2 aliphatic rings. The van der Waals surface area contributed by atoms with Crippen LogP contribution in [0.15, 0.2) is 28.7 Å². The zero-order valence-electron chi connectivity index (χ0n) is 17.2. The van der Waals surface area contributed by atoms with Crippen molar-refractivity contribution >= 4 is 34.4 Å². The first-order valence-electron chi connectivity index (χ1n) is 10.5. The molecule has 1 aliphatic carbocycles. The number of ether oxygens (including phenoxy) is 1. The third-order valence-corrected chi connectivity index (χ3v) is 6.45. The van der Waals surface area contributed by atoms with Crippen molar-refractivity contribution in [3.8, 4) is 17.5 Å². The third-order valence-electron chi connectivity index (χ3n) is 6.05. The summed E-state index contributed by atoms with van der Waals surface area (Å²) in [6, 6.07) is 9.76. The summed E-state index contributed by atoms with van der Waals surface area (Å²) in [6.07, 6.45) is 1.40. The number of carboxylic acid groups (broad SMARTS) is 1. The van der Waals surface area contributed by atoms with Crippen LogP contribution in [0.2, 0.25) is 5.02 Å². The molecular weight excluding hydrogens is 432 g/mol. The molecular formula is C23H21ClN4O4. The predicted octanol–water partition coefficient (Wildman–Crippen LogP) is 3.52. The number of hydrogen-bond donors (Lipinski definition) is 2. The number of carboxylic acids is 1. The van der Waals surface area contributed by atoms with Crippen molar-refractivity contribution < 1.29 is 19.1 Å². The molecule has 8 nitrogen and oxygen atoms in total. The Kier molecular flexibility index (Phi) is 5.47. The van der Waals surface area contributed by atoms with Crippen LogP contribution >= 0.6 is 11.6 Å². The molecule has 0 bridgehead atoms. The summed E-state index contributed by atoms with van der Waals surface area (Å²) in [7, 11) is 0. The number of halogens is 1. The number of carbonyl (C=O) groups is 1. The predicted molar refractivity (Wildman–Crippen MR) is 119 cm³/mol. The largest absolute Gasteiger partial charge is 0.480 e. The number of nitrogens with one attached hydrogen (secondary N) is 1. The molecule has 164 valence electrons. The van der Waals surface area contributed by atoms with Gasteiger partial charge in [-0.2, -0.15) is 5.26 Å². The van der Waals surface area contributed by atoms with Gasteiger partial charge in [-0.3, -0.25) is 4.79 Å². The van der Waals surface area contributed by atoms with Crippen LogP contribution in [0, 0.1) is 11.3 Å². The highest BCUT2D eigenvalue weighted by Crippen LogP contribution is 2.41. The van der Waals surface area contributed by atoms with Gasteiger partial charge in [0.25, 0.3) is 0 Å². The lowest BCUT2D eigenvalue weighted by atomic mass is 10.0. The summed E-state index contributed by atoms with van der Waals surface area (Å²) >= 11 is 6.76. The van der Waals surface area contributed by atoms with Gasteiger partial charge in [0, 0.05) is 19.1 Å². The molecule has 2 heterocycles. The maximum absolute atomic E-state index is 11.0. The highest BCUT2D eigenvalue weighted by atomic mass is 35.5. The fourth-order valence-electron chi connectivity index (χ4n) is 4.54. The molecule has 1 fully saturated rings. The average Bonchev–Trinajstić information content (AvgIpc) is 3.40. The molecule has 1 aliphatic heterocycles. The Morgan fingerprint density at radius 1 is 1.38 bits per heavy atom. The lowest BCUT2D eigenvalue weighted by Crippen LogP contribution is -2.36. The van der Waals surface area contributed by atoms with E-state index in [1.165, 1.54) is 0 Å². The van der Waals surface area contributed by atoms with Gasteiger partial charge in [0.2, 0.25) is 5.89 Å². The second kappa shape index (κ2) is 8.43. The number of oxazole rings is 1. The van der Waals surface area contributed by atoms with Gasteiger partial charge in [0.1, 0.15) is 17.1 Å². The molecule has 5 rings (SSSR count). The third kappa shape index (κ3) is 3.58. The van der Waals surface area contributed by atoms with Crippen molar-refractivity contribution in [2.45, 2.75) is 18.9 Å². The number of rotatable bonds is 5. The monoisotopic (exact) mass is 452 g/mol. The van der Waals surface area contributed by atoms with Crippen molar-refractivity contribution in [2.24, 2.45) is 0 Å². The maximum atomic E-state index is 11.0. The maximum Gasteiger partial charge on any atom is 0.317 e. The fraction of sp³-hybridized carbons (Fsp3) is 0.348. The standard InChI is InChI=1S/C23H21ClN4O4/c24-21-14(2-1-3-19(21)28-6-8-31-9-7-28)23-27-18-10-15-13(16(11-25)22(18)32-23)4-5-17(15)26-12-20(29)30/h1-3,10,17,26H,4-9,12H2,(H,29,30)/t17-/m1/s1. The summed E-state index contributed by atoms with van der Waals surface area (Å²) in [4.78, 5) is 17.8. The van der Waals surface area contributed by atoms with Gasteiger partial charge in [-0.05, 0) is 42.2 Å². The second-order valence-corrected chi connectivity index (χ2v) is 8.28. The Bertz CT molecular complexity index is 1240. The number of hydrogen-bond acceptors (Lipinski definition) is 7. The average molecular weight is 453 g/mol. The molecule has 0 unspecified atom stereocenters. The van der Waals surface area contributed by atoms with E-state index >= 15 is 0 Å². The first kappa shape index (κ1) is 20.8. The van der Waals surface area contributed by atoms with E-state index in [2.05, 4.69) is 21.3 Å². The van der Waals surface area contributed by atoms with Gasteiger partial charge in [0.05, 0.1) is 36.0 Å². The number of morpholine rings is 1. The number of aromatic nitrogens is 1. The number of anilines is 1. The van der Waals surface area contributed by atoms with Gasteiger partial charge in [-0.25, -0.2) is 4.98 Å². The van der Waals surface area contributed by atoms with E-state index in [9.17, 15) is 10.1 Å². The zero-order valence-corrected chi connectivity index (χ0v) is 18.0. The molecule has 2 aromatic carbocycles. The van der Waals surface area contributed by atoms with Gasteiger partial charge < -0.3 is 24.5 Å². The number of aliphatic carboxylic acids is 1. The van der Waals surface area contributed by atoms with Crippen molar-refractivity contribution in [1.29, 1.82) is 5.26 Å². The second-order valence-electron chi connectivity index (χ2n) is 7.90. The van der Waals surface area contributed by atoms with Crippen LogP contribution in [0.1, 0.15) is 29.2 Å². The Balaban J connectivity index is 1.56. The Labute approximate surface area is 189 Å². The van der Waals surface area contributed by atoms with Crippen molar-refractivity contribution in [1.82, 2.24) is 10.3 Å². The molecule has 3 aromatic rings. The first-order chi connectivity index (χ1) is 15.6. The van der Waals surface area contributed by atoms with E-state index < -0.39 is 5.97 Å². The molecule has 0 radical (unpaired) electrons. The van der Waals surface area contributed by atoms with E-state index in [1.807, 2.05) is 24.3 Å². The molecule has 32 heavy (non-hydrogen) atoms. The van der Waals surface area contributed by atoms with Crippen LogP contribution in [0.3, 0.4) is 0 Å². The minimum absolute atomic E-state index is 0.133. The quantitative estimate of drug-likeness (QED) is 0.604. The summed E-state index contributed by atoms with van der Waals surface area (Å²) in [5.41, 5.74) is 4.81. The molecule has 9 heteroatoms. The minimum atomic E-state index is -0.918. The number of fused-ring (bicyclic) bond motifs is 2. The van der Waals surface area contributed by atoms with Crippen molar-refractivity contribution in [3.05, 3.63) is 46.0 Å². The van der Waals surface area contributed by atoms with Gasteiger partial charge in [-0.15, -0.1) is 0 Å². The molecule has 1 atom stereocenters. The first-order valence-corrected chi connectivity index (χ1v) is 10.9. The zero-order chi connectivity index (χ0) is 22.2. The van der Waals surface area contributed by atoms with E-state index in [-0.39, 0.29) is 12.6 Å². The highest BCUT2D eigenvalue weighted by molar-refractivity contribution is 6.35. The molecule has 2 N–H and O–H groups in total. The highest BCUT2D eigenvalue weighted by Gasteiger charge is 2.29. The van der Waals surface area contributed by atoms with Crippen LogP contribution in [0.5, 0.6) is 0 Å². The van der Waals surface area contributed by atoms with Gasteiger partial charge >= 0.3 is 5.97 Å². The Hall–Kier alpha value is -3.12. The van der Waals surface area contributed by atoms with E-state index in [0.717, 1.165) is 36.3 Å². The van der Waals surface area contributed by atoms with Crippen LogP contribution in [0.4, 0.5) is 5.69 Å². The molecule has 1 aromatic heterocycles. The summed E-state index contributed by atoms with van der Waals surface area (Å²) in [5, 5.41) is 22.4. The van der Waals surface area contributed by atoms with Crippen LogP contribution < -0.4 is 10.2 Å². The number of nitrogens with zero attached hydrogens (tertiary/aromatic N) is 3. The smallest absolute Gasteiger partial charge is 0.317 e. The minimum Gasteiger partial charge on any atom is -0.480 e. The Morgan fingerprint density at radius 3 is 2.94 bits per heavy atom. The van der Waals surface area contributed by atoms with Gasteiger partial charge in [0.15, 0.2) is 5.58 Å². The molecule has 1 saturated heterocycles. The summed E-state index contributed by atoms with van der Waals surface area (Å²) < 4.78 is 11.5.